The van der Waals surface area contributed by atoms with Crippen molar-refractivity contribution in [2.45, 2.75) is 103 Å². The number of aliphatic hydroxyl groups is 1. The second kappa shape index (κ2) is 17.6. The first-order valence-electron chi connectivity index (χ1n) is 13.4. The zero-order chi connectivity index (χ0) is 27.8. The van der Waals surface area contributed by atoms with Crippen molar-refractivity contribution < 1.29 is 43.6 Å². The Morgan fingerprint density at radius 2 is 1.50 bits per heavy atom. The Hall–Kier alpha value is -2.90. The quantitative estimate of drug-likeness (QED) is 0.147. The molecular weight excluding hydrogens is 502 g/mol. The van der Waals surface area contributed by atoms with Crippen LogP contribution in [0.15, 0.2) is 17.1 Å². The van der Waals surface area contributed by atoms with Gasteiger partial charge < -0.3 is 28.8 Å². The first kappa shape index (κ1) is 31.3. The van der Waals surface area contributed by atoms with Crippen LogP contribution in [0.2, 0.25) is 0 Å². The van der Waals surface area contributed by atoms with E-state index in [-0.39, 0.29) is 19.0 Å². The number of aromatic nitrogens is 2. The molecule has 0 unspecified atom stereocenters. The van der Waals surface area contributed by atoms with Gasteiger partial charge in [0.15, 0.2) is 24.3 Å². The fraction of sp³-hybridized carbons (Fsp3) is 0.760. The summed E-state index contributed by atoms with van der Waals surface area (Å²) in [6.07, 6.45) is 3.65. The fourth-order valence-corrected chi connectivity index (χ4v) is 4.03. The molecule has 38 heavy (non-hydrogen) atoms. The maximum atomic E-state index is 12.5. The number of aliphatic hydroxyl groups excluding tert-OH is 1. The average Bonchev–Trinajstić information content (AvgIpc) is 3.24. The molecule has 0 radical (unpaired) electrons. The van der Waals surface area contributed by atoms with Crippen molar-refractivity contribution in [3.63, 3.8) is 0 Å². The van der Waals surface area contributed by atoms with Crippen LogP contribution in [0.4, 0.5) is 15.4 Å². The van der Waals surface area contributed by atoms with Crippen LogP contribution in [0.3, 0.4) is 0 Å². The molecule has 13 nitrogen and oxygen atoms in total. The smallest absolute Gasteiger partial charge is 0.434 e. The van der Waals surface area contributed by atoms with E-state index in [0.717, 1.165) is 55.9 Å². The standard InChI is InChI=1S/C25H41N3O10/c1-3-5-7-9-11-15-34-24(31)37-20-18(17-29)36-22(28-14-13-19(27-33)26-23(28)30)21(20)38-25(32)35-16-12-10-8-6-4-2/h13-14,18,20-22,29,33H,3-12,15-17H2,1-2H3,(H,26,27,30)/t18-,20-,21-,22-/m1/s1. The van der Waals surface area contributed by atoms with E-state index < -0.39 is 49.1 Å². The largest absolute Gasteiger partial charge is 0.508 e. The highest BCUT2D eigenvalue weighted by molar-refractivity contribution is 5.61. The van der Waals surface area contributed by atoms with Crippen molar-refractivity contribution >= 4 is 18.1 Å². The van der Waals surface area contributed by atoms with Crippen LogP contribution in [0.25, 0.3) is 0 Å². The fourth-order valence-electron chi connectivity index (χ4n) is 4.03. The minimum atomic E-state index is -1.36. The molecule has 1 saturated heterocycles. The first-order valence-corrected chi connectivity index (χ1v) is 13.4. The van der Waals surface area contributed by atoms with Crippen LogP contribution < -0.4 is 11.2 Å². The van der Waals surface area contributed by atoms with Crippen LogP contribution in [-0.2, 0) is 23.7 Å². The summed E-state index contributed by atoms with van der Waals surface area (Å²) in [5.41, 5.74) is 0.916. The Bertz CT molecular complexity index is 896. The highest BCUT2D eigenvalue weighted by Gasteiger charge is 2.51. The molecule has 0 amide bonds. The van der Waals surface area contributed by atoms with Crippen LogP contribution in [0.5, 0.6) is 0 Å². The zero-order valence-electron chi connectivity index (χ0n) is 22.2. The van der Waals surface area contributed by atoms with Gasteiger partial charge in [-0.3, -0.25) is 15.3 Å². The van der Waals surface area contributed by atoms with Gasteiger partial charge in [0.05, 0.1) is 19.8 Å². The summed E-state index contributed by atoms with van der Waals surface area (Å²) in [7, 11) is 0. The third-order valence-electron chi connectivity index (χ3n) is 6.08. The van der Waals surface area contributed by atoms with Gasteiger partial charge in [0.2, 0.25) is 0 Å². The van der Waals surface area contributed by atoms with Crippen molar-refractivity contribution in [2.24, 2.45) is 0 Å². The van der Waals surface area contributed by atoms with E-state index in [1.165, 1.54) is 12.3 Å². The Morgan fingerprint density at radius 1 is 0.947 bits per heavy atom. The van der Waals surface area contributed by atoms with Gasteiger partial charge in [0, 0.05) is 6.20 Å². The molecule has 1 fully saturated rings. The van der Waals surface area contributed by atoms with Crippen molar-refractivity contribution in [1.29, 1.82) is 0 Å². The molecule has 3 N–H and O–H groups in total. The van der Waals surface area contributed by atoms with Gasteiger partial charge in [-0.1, -0.05) is 65.2 Å². The lowest BCUT2D eigenvalue weighted by Crippen LogP contribution is -2.42. The van der Waals surface area contributed by atoms with E-state index in [2.05, 4.69) is 18.8 Å². The third-order valence-corrected chi connectivity index (χ3v) is 6.08. The highest BCUT2D eigenvalue weighted by atomic mass is 16.8. The molecule has 13 heteroatoms. The van der Waals surface area contributed by atoms with Gasteiger partial charge in [0.1, 0.15) is 6.10 Å². The van der Waals surface area contributed by atoms with Gasteiger partial charge in [0.25, 0.3) is 0 Å². The number of carbonyl (C=O) groups excluding carboxylic acids is 2. The minimum absolute atomic E-state index is 0.113. The average molecular weight is 544 g/mol. The molecule has 1 aromatic rings. The van der Waals surface area contributed by atoms with E-state index in [4.69, 9.17) is 28.9 Å². The first-order chi connectivity index (χ1) is 18.4. The normalized spacial score (nSPS) is 20.6. The zero-order valence-corrected chi connectivity index (χ0v) is 22.2. The van der Waals surface area contributed by atoms with Crippen molar-refractivity contribution in [3.8, 4) is 0 Å². The van der Waals surface area contributed by atoms with Gasteiger partial charge >= 0.3 is 18.0 Å². The lowest BCUT2D eigenvalue weighted by atomic mass is 10.1. The van der Waals surface area contributed by atoms with E-state index in [1.807, 2.05) is 0 Å². The monoisotopic (exact) mass is 543 g/mol. The molecule has 0 spiro atoms. The molecule has 1 aliphatic rings. The van der Waals surface area contributed by atoms with Gasteiger partial charge in [-0.15, -0.1) is 0 Å². The number of hydrogen-bond acceptors (Lipinski definition) is 12. The van der Waals surface area contributed by atoms with Gasteiger partial charge in [-0.2, -0.15) is 4.98 Å². The summed E-state index contributed by atoms with van der Waals surface area (Å²) in [5.74, 6) is -0.113. The molecule has 2 heterocycles. The SMILES string of the molecule is CCCCCCCOC(=O)O[C@@H]1[C@H](OC(=O)OCCCCCCC)[C@@H](CO)O[C@H]1n1ccc(NO)nc1=O. The molecule has 1 aliphatic heterocycles. The maximum Gasteiger partial charge on any atom is 0.508 e. The summed E-state index contributed by atoms with van der Waals surface area (Å²) in [6, 6.07) is 1.28. The van der Waals surface area contributed by atoms with E-state index >= 15 is 0 Å². The predicted molar refractivity (Wildman–Crippen MR) is 135 cm³/mol. The summed E-state index contributed by atoms with van der Waals surface area (Å²) in [5, 5.41) is 18.9. The second-order valence-electron chi connectivity index (χ2n) is 9.05. The van der Waals surface area contributed by atoms with Crippen molar-refractivity contribution in [3.05, 3.63) is 22.7 Å². The van der Waals surface area contributed by atoms with Crippen LogP contribution >= 0.6 is 0 Å². The molecular formula is C25H41N3O10. The van der Waals surface area contributed by atoms with E-state index in [0.29, 0.717) is 12.8 Å². The van der Waals surface area contributed by atoms with Crippen LogP contribution in [-0.4, -0.2) is 70.3 Å². The molecule has 4 atom stereocenters. The number of rotatable bonds is 17. The highest BCUT2D eigenvalue weighted by Crippen LogP contribution is 2.33. The molecule has 2 rings (SSSR count). The van der Waals surface area contributed by atoms with Gasteiger partial charge in [-0.25, -0.2) is 14.4 Å². The number of carbonyl (C=O) groups is 2. The lowest BCUT2D eigenvalue weighted by molar-refractivity contribution is -0.0673. The number of anilines is 1. The molecule has 0 aromatic carbocycles. The predicted octanol–water partition coefficient (Wildman–Crippen LogP) is 3.92. The van der Waals surface area contributed by atoms with Gasteiger partial charge in [-0.05, 0) is 18.9 Å². The molecule has 0 saturated carbocycles. The van der Waals surface area contributed by atoms with Crippen molar-refractivity contribution in [2.75, 3.05) is 25.3 Å². The Balaban J connectivity index is 2.10. The number of ether oxygens (including phenoxy) is 5. The molecule has 0 bridgehead atoms. The summed E-state index contributed by atoms with van der Waals surface area (Å²) >= 11 is 0. The topological polar surface area (TPSA) is 168 Å². The summed E-state index contributed by atoms with van der Waals surface area (Å²) in [4.78, 5) is 41.1. The summed E-state index contributed by atoms with van der Waals surface area (Å²) < 4.78 is 27.9. The van der Waals surface area contributed by atoms with E-state index in [9.17, 15) is 19.5 Å². The molecule has 0 aliphatic carbocycles. The number of nitrogens with zero attached hydrogens (tertiary/aromatic N) is 2. The second-order valence-corrected chi connectivity index (χ2v) is 9.05. The van der Waals surface area contributed by atoms with E-state index in [1.54, 1.807) is 5.48 Å². The van der Waals surface area contributed by atoms with Crippen molar-refractivity contribution in [1.82, 2.24) is 9.55 Å². The number of unbranched alkanes of at least 4 members (excludes halogenated alkanes) is 8. The molecule has 216 valence electrons. The Labute approximate surface area is 222 Å². The Kier molecular flexibility index (Phi) is 14.5. The minimum Gasteiger partial charge on any atom is -0.434 e. The number of hydrogen-bond donors (Lipinski definition) is 3. The molecule has 1 aromatic heterocycles. The third kappa shape index (κ3) is 10.1. The number of nitrogens with one attached hydrogen (secondary N) is 1. The van der Waals surface area contributed by atoms with Crippen LogP contribution in [0.1, 0.15) is 84.3 Å². The van der Waals surface area contributed by atoms with Crippen LogP contribution in [0, 0.1) is 0 Å². The maximum absolute atomic E-state index is 12.5. The Morgan fingerprint density at radius 3 is 2.00 bits per heavy atom. The lowest BCUT2D eigenvalue weighted by Gasteiger charge is -2.24. The summed E-state index contributed by atoms with van der Waals surface area (Å²) in [6.45, 7) is 3.88.